The van der Waals surface area contributed by atoms with Gasteiger partial charge in [0.05, 0.1) is 0 Å². The number of hydrogen-bond donors (Lipinski definition) is 2. The van der Waals surface area contributed by atoms with Gasteiger partial charge in [-0.2, -0.15) is 0 Å². The van der Waals surface area contributed by atoms with Crippen LogP contribution in [0.15, 0.2) is 0 Å². The van der Waals surface area contributed by atoms with E-state index in [-0.39, 0.29) is 17.9 Å². The van der Waals surface area contributed by atoms with Gasteiger partial charge in [0.2, 0.25) is 5.91 Å². The molecule has 0 heterocycles. The Morgan fingerprint density at radius 3 is 2.53 bits per heavy atom. The van der Waals surface area contributed by atoms with Crippen LogP contribution in [-0.2, 0) is 4.79 Å². The van der Waals surface area contributed by atoms with Gasteiger partial charge in [0.1, 0.15) is 0 Å². The lowest BCUT2D eigenvalue weighted by molar-refractivity contribution is -0.127. The number of hydrogen-bond acceptors (Lipinski definition) is 2. The highest BCUT2D eigenvalue weighted by Gasteiger charge is 2.31. The van der Waals surface area contributed by atoms with Crippen LogP contribution < -0.4 is 11.1 Å². The smallest absolute Gasteiger partial charge is 0.223 e. The highest BCUT2D eigenvalue weighted by Crippen LogP contribution is 2.29. The zero-order valence-electron chi connectivity index (χ0n) is 12.5. The number of nitrogens with two attached hydrogens (primary N) is 1. The van der Waals surface area contributed by atoms with Crippen molar-refractivity contribution in [2.75, 3.05) is 0 Å². The first kappa shape index (κ1) is 14.8. The summed E-state index contributed by atoms with van der Waals surface area (Å²) in [4.78, 5) is 12.4. The zero-order chi connectivity index (χ0) is 13.8. The van der Waals surface area contributed by atoms with Gasteiger partial charge in [-0.05, 0) is 43.9 Å². The van der Waals surface area contributed by atoms with Crippen molar-refractivity contribution in [1.29, 1.82) is 0 Å². The van der Waals surface area contributed by atoms with Crippen LogP contribution in [0.1, 0.15) is 65.2 Å². The van der Waals surface area contributed by atoms with Gasteiger partial charge in [-0.1, -0.05) is 33.1 Å². The predicted molar refractivity (Wildman–Crippen MR) is 78.7 cm³/mol. The molecule has 1 amide bonds. The number of carbonyl (C=O) groups excluding carboxylic acids is 1. The average molecular weight is 266 g/mol. The van der Waals surface area contributed by atoms with E-state index in [1.54, 1.807) is 0 Å². The molecule has 5 atom stereocenters. The van der Waals surface area contributed by atoms with Crippen LogP contribution in [-0.4, -0.2) is 18.0 Å². The van der Waals surface area contributed by atoms with E-state index in [1.165, 1.54) is 25.7 Å². The van der Waals surface area contributed by atoms with Crippen molar-refractivity contribution in [3.63, 3.8) is 0 Å². The lowest BCUT2D eigenvalue weighted by Gasteiger charge is -2.32. The predicted octanol–water partition coefficient (Wildman–Crippen LogP) is 2.83. The van der Waals surface area contributed by atoms with Gasteiger partial charge in [0, 0.05) is 18.0 Å². The van der Waals surface area contributed by atoms with E-state index in [2.05, 4.69) is 19.2 Å². The molecule has 2 rings (SSSR count). The third-order valence-electron chi connectivity index (χ3n) is 5.04. The van der Waals surface area contributed by atoms with Crippen molar-refractivity contribution in [3.05, 3.63) is 0 Å². The van der Waals surface area contributed by atoms with E-state index in [4.69, 9.17) is 5.73 Å². The average Bonchev–Trinajstić information content (AvgIpc) is 2.54. The lowest BCUT2D eigenvalue weighted by atomic mass is 9.79. The Bertz CT molecular complexity index is 295. The summed E-state index contributed by atoms with van der Waals surface area (Å²) in [5.74, 6) is 1.63. The molecule has 110 valence electrons. The largest absolute Gasteiger partial charge is 0.353 e. The molecule has 5 unspecified atom stereocenters. The molecular weight excluding hydrogens is 236 g/mol. The molecule has 0 aromatic carbocycles. The number of rotatable bonds is 2. The molecule has 3 heteroatoms. The summed E-state index contributed by atoms with van der Waals surface area (Å²) in [6, 6.07) is 0.606. The number of amides is 1. The van der Waals surface area contributed by atoms with E-state index in [0.29, 0.717) is 17.9 Å². The van der Waals surface area contributed by atoms with Gasteiger partial charge in [-0.25, -0.2) is 0 Å². The molecule has 0 spiro atoms. The first-order valence-corrected chi connectivity index (χ1v) is 8.12. The molecule has 3 N–H and O–H groups in total. The minimum Gasteiger partial charge on any atom is -0.353 e. The van der Waals surface area contributed by atoms with Crippen LogP contribution in [0.25, 0.3) is 0 Å². The minimum absolute atomic E-state index is 0.147. The van der Waals surface area contributed by atoms with E-state index >= 15 is 0 Å². The normalized spacial score (nSPS) is 40.5. The second kappa shape index (κ2) is 6.74. The van der Waals surface area contributed by atoms with Crippen molar-refractivity contribution >= 4 is 5.91 Å². The topological polar surface area (TPSA) is 55.1 Å². The van der Waals surface area contributed by atoms with Crippen LogP contribution in [0, 0.1) is 17.8 Å². The summed E-state index contributed by atoms with van der Waals surface area (Å²) >= 11 is 0. The van der Waals surface area contributed by atoms with Crippen molar-refractivity contribution in [2.24, 2.45) is 23.5 Å². The minimum atomic E-state index is 0.147. The van der Waals surface area contributed by atoms with Gasteiger partial charge < -0.3 is 11.1 Å². The third-order valence-corrected chi connectivity index (χ3v) is 5.04. The third kappa shape index (κ3) is 4.20. The summed E-state index contributed by atoms with van der Waals surface area (Å²) < 4.78 is 0. The standard InChI is InChI=1S/C16H30N2O/c1-11-8-13(10-14(17)9-11)16(19)18-15-7-5-3-4-6-12(15)2/h11-15H,3-10,17H2,1-2H3,(H,18,19). The molecule has 0 radical (unpaired) electrons. The number of carbonyl (C=O) groups is 1. The van der Waals surface area contributed by atoms with E-state index in [9.17, 15) is 4.79 Å². The molecule has 0 aromatic heterocycles. The SMILES string of the molecule is CC1CC(N)CC(C(=O)NC2CCCCCC2C)C1. The maximum atomic E-state index is 12.4. The second-order valence-corrected chi connectivity index (χ2v) is 7.00. The Hall–Kier alpha value is -0.570. The Kier molecular flexibility index (Phi) is 5.26. The highest BCUT2D eigenvalue weighted by molar-refractivity contribution is 5.79. The monoisotopic (exact) mass is 266 g/mol. The Balaban J connectivity index is 1.88. The van der Waals surface area contributed by atoms with Crippen LogP contribution >= 0.6 is 0 Å². The highest BCUT2D eigenvalue weighted by atomic mass is 16.1. The molecular formula is C16H30N2O. The molecule has 0 saturated heterocycles. The molecule has 0 aromatic rings. The summed E-state index contributed by atoms with van der Waals surface area (Å²) in [5.41, 5.74) is 6.06. The zero-order valence-corrected chi connectivity index (χ0v) is 12.5. The van der Waals surface area contributed by atoms with Crippen LogP contribution in [0.3, 0.4) is 0 Å². The molecule has 2 fully saturated rings. The fraction of sp³-hybridized carbons (Fsp3) is 0.938. The Morgan fingerprint density at radius 1 is 1.05 bits per heavy atom. The molecule has 2 aliphatic rings. The van der Waals surface area contributed by atoms with E-state index in [1.807, 2.05) is 0 Å². The van der Waals surface area contributed by atoms with Gasteiger partial charge in [0.25, 0.3) is 0 Å². The van der Waals surface area contributed by atoms with Crippen molar-refractivity contribution in [1.82, 2.24) is 5.32 Å². The lowest BCUT2D eigenvalue weighted by Crippen LogP contribution is -2.45. The van der Waals surface area contributed by atoms with E-state index in [0.717, 1.165) is 25.7 Å². The summed E-state index contributed by atoms with van der Waals surface area (Å²) in [6.45, 7) is 4.50. The first-order valence-electron chi connectivity index (χ1n) is 8.12. The summed E-state index contributed by atoms with van der Waals surface area (Å²) in [7, 11) is 0. The maximum absolute atomic E-state index is 12.4. The second-order valence-electron chi connectivity index (χ2n) is 7.00. The van der Waals surface area contributed by atoms with Crippen molar-refractivity contribution in [2.45, 2.75) is 77.3 Å². The van der Waals surface area contributed by atoms with Crippen molar-refractivity contribution in [3.8, 4) is 0 Å². The Labute approximate surface area is 117 Å². The fourth-order valence-corrected chi connectivity index (χ4v) is 3.88. The van der Waals surface area contributed by atoms with Crippen molar-refractivity contribution < 1.29 is 4.79 Å². The molecule has 2 aliphatic carbocycles. The quantitative estimate of drug-likeness (QED) is 0.755. The van der Waals surface area contributed by atoms with Crippen LogP contribution in [0.5, 0.6) is 0 Å². The van der Waals surface area contributed by atoms with Gasteiger partial charge in [0.15, 0.2) is 0 Å². The van der Waals surface area contributed by atoms with Gasteiger partial charge in [-0.3, -0.25) is 4.79 Å². The Morgan fingerprint density at radius 2 is 1.79 bits per heavy atom. The molecule has 19 heavy (non-hydrogen) atoms. The summed E-state index contributed by atoms with van der Waals surface area (Å²) in [6.07, 6.45) is 9.27. The van der Waals surface area contributed by atoms with Gasteiger partial charge >= 0.3 is 0 Å². The molecule has 0 bridgehead atoms. The van der Waals surface area contributed by atoms with Gasteiger partial charge in [-0.15, -0.1) is 0 Å². The van der Waals surface area contributed by atoms with Crippen LogP contribution in [0.2, 0.25) is 0 Å². The van der Waals surface area contributed by atoms with E-state index < -0.39 is 0 Å². The maximum Gasteiger partial charge on any atom is 0.223 e. The first-order chi connectivity index (χ1) is 9.06. The fourth-order valence-electron chi connectivity index (χ4n) is 3.88. The number of nitrogens with one attached hydrogen (secondary N) is 1. The van der Waals surface area contributed by atoms with Crippen LogP contribution in [0.4, 0.5) is 0 Å². The molecule has 3 nitrogen and oxygen atoms in total. The molecule has 2 saturated carbocycles. The summed E-state index contributed by atoms with van der Waals surface area (Å²) in [5, 5.41) is 3.32. The molecule has 0 aliphatic heterocycles.